The molecule has 5 nitrogen and oxygen atoms in total. The molecule has 0 bridgehead atoms. The predicted molar refractivity (Wildman–Crippen MR) is 102 cm³/mol. The third-order valence-corrected chi connectivity index (χ3v) is 4.61. The summed E-state index contributed by atoms with van der Waals surface area (Å²) in [7, 11) is 0. The first-order chi connectivity index (χ1) is 13.2. The second-order valence-corrected chi connectivity index (χ2v) is 7.37. The first-order valence-electron chi connectivity index (χ1n) is 9.73. The van der Waals surface area contributed by atoms with E-state index >= 15 is 0 Å². The van der Waals surface area contributed by atoms with E-state index < -0.39 is 11.7 Å². The fourth-order valence-electron chi connectivity index (χ4n) is 3.04. The Morgan fingerprint density at radius 3 is 2.29 bits per heavy atom. The Bertz CT molecular complexity index is 598. The molecule has 0 atom stereocenters. The zero-order chi connectivity index (χ0) is 20.6. The van der Waals surface area contributed by atoms with Crippen LogP contribution in [0.2, 0.25) is 0 Å². The quantitative estimate of drug-likeness (QED) is 0.647. The van der Waals surface area contributed by atoms with Gasteiger partial charge >= 0.3 is 6.18 Å². The lowest BCUT2D eigenvalue weighted by atomic mass is 10.1. The molecule has 0 aliphatic carbocycles. The minimum absolute atomic E-state index is 0.0146. The van der Waals surface area contributed by atoms with E-state index in [2.05, 4.69) is 15.1 Å². The summed E-state index contributed by atoms with van der Waals surface area (Å²) in [6.45, 7) is 9.32. The molecule has 1 aromatic rings. The Kier molecular flexibility index (Phi) is 8.72. The largest absolute Gasteiger partial charge is 0.416 e. The van der Waals surface area contributed by atoms with Crippen LogP contribution in [0.1, 0.15) is 31.4 Å². The lowest BCUT2D eigenvalue weighted by molar-refractivity contribution is -0.137. The number of halogens is 3. The summed E-state index contributed by atoms with van der Waals surface area (Å²) in [5.74, 6) is 0.0146. The molecule has 1 aliphatic rings. The highest BCUT2D eigenvalue weighted by atomic mass is 19.4. The van der Waals surface area contributed by atoms with Crippen LogP contribution in [0, 0.1) is 0 Å². The van der Waals surface area contributed by atoms with Gasteiger partial charge in [0.2, 0.25) is 5.91 Å². The predicted octanol–water partition coefficient (Wildman–Crippen LogP) is 2.75. The molecule has 1 N–H and O–H groups in total. The van der Waals surface area contributed by atoms with Crippen LogP contribution in [0.4, 0.5) is 13.2 Å². The first kappa shape index (κ1) is 22.6. The van der Waals surface area contributed by atoms with E-state index in [1.54, 1.807) is 0 Å². The van der Waals surface area contributed by atoms with Gasteiger partial charge in [0.15, 0.2) is 0 Å². The normalized spacial score (nSPS) is 16.5. The molecule has 1 saturated heterocycles. The molecule has 0 spiro atoms. The maximum absolute atomic E-state index is 12.6. The zero-order valence-corrected chi connectivity index (χ0v) is 16.6. The van der Waals surface area contributed by atoms with Gasteiger partial charge in [0.05, 0.1) is 18.2 Å². The maximum atomic E-state index is 12.6. The molecule has 158 valence electrons. The minimum Gasteiger partial charge on any atom is -0.379 e. The molecule has 0 radical (unpaired) electrons. The van der Waals surface area contributed by atoms with Gasteiger partial charge in [0.25, 0.3) is 0 Å². The summed E-state index contributed by atoms with van der Waals surface area (Å²) in [6.07, 6.45) is -3.30. The van der Waals surface area contributed by atoms with Gasteiger partial charge in [0.1, 0.15) is 0 Å². The number of nitrogens with zero attached hydrogens (tertiary/aromatic N) is 2. The van der Waals surface area contributed by atoms with Crippen LogP contribution in [0.25, 0.3) is 0 Å². The van der Waals surface area contributed by atoms with E-state index in [0.717, 1.165) is 50.3 Å². The Balaban J connectivity index is 1.64. The second-order valence-electron chi connectivity index (χ2n) is 7.37. The lowest BCUT2D eigenvalue weighted by Gasteiger charge is -2.34. The number of carbonyl (C=O) groups is 1. The molecular weight excluding hydrogens is 371 g/mol. The highest BCUT2D eigenvalue weighted by molar-refractivity contribution is 5.77. The third kappa shape index (κ3) is 8.16. The van der Waals surface area contributed by atoms with Gasteiger partial charge in [0, 0.05) is 45.9 Å². The number of alkyl halides is 3. The van der Waals surface area contributed by atoms with Crippen molar-refractivity contribution < 1.29 is 22.7 Å². The van der Waals surface area contributed by atoms with Crippen LogP contribution in [-0.4, -0.2) is 67.7 Å². The SMILES string of the molecule is CC(C)OCCCNC(=O)CN1CCN(Cc2ccc(C(F)(F)F)cc2)CC1. The van der Waals surface area contributed by atoms with E-state index in [1.165, 1.54) is 12.1 Å². The fraction of sp³-hybridized carbons (Fsp3) is 0.650. The highest BCUT2D eigenvalue weighted by Crippen LogP contribution is 2.29. The zero-order valence-electron chi connectivity index (χ0n) is 16.6. The van der Waals surface area contributed by atoms with Crippen LogP contribution in [0.3, 0.4) is 0 Å². The molecule has 8 heteroatoms. The molecule has 2 rings (SSSR count). The highest BCUT2D eigenvalue weighted by Gasteiger charge is 2.30. The number of nitrogens with one attached hydrogen (secondary N) is 1. The fourth-order valence-corrected chi connectivity index (χ4v) is 3.04. The van der Waals surface area contributed by atoms with Gasteiger partial charge < -0.3 is 10.1 Å². The van der Waals surface area contributed by atoms with Crippen molar-refractivity contribution in [3.8, 4) is 0 Å². The number of hydrogen-bond acceptors (Lipinski definition) is 4. The molecule has 1 fully saturated rings. The summed E-state index contributed by atoms with van der Waals surface area (Å²) in [4.78, 5) is 16.3. The average Bonchev–Trinajstić information content (AvgIpc) is 2.62. The summed E-state index contributed by atoms with van der Waals surface area (Å²) in [6, 6.07) is 5.32. The van der Waals surface area contributed by atoms with Crippen LogP contribution in [0.15, 0.2) is 24.3 Å². The Morgan fingerprint density at radius 1 is 1.11 bits per heavy atom. The lowest BCUT2D eigenvalue weighted by Crippen LogP contribution is -2.49. The Labute approximate surface area is 164 Å². The average molecular weight is 401 g/mol. The Morgan fingerprint density at radius 2 is 1.71 bits per heavy atom. The number of hydrogen-bond donors (Lipinski definition) is 1. The van der Waals surface area contributed by atoms with E-state index in [9.17, 15) is 18.0 Å². The van der Waals surface area contributed by atoms with E-state index in [0.29, 0.717) is 26.2 Å². The first-order valence-corrected chi connectivity index (χ1v) is 9.73. The number of rotatable bonds is 9. The molecule has 1 amide bonds. The molecule has 1 aromatic carbocycles. The van der Waals surface area contributed by atoms with Crippen LogP contribution >= 0.6 is 0 Å². The number of piperazine rings is 1. The topological polar surface area (TPSA) is 44.8 Å². The van der Waals surface area contributed by atoms with Gasteiger partial charge in [-0.2, -0.15) is 13.2 Å². The summed E-state index contributed by atoms with van der Waals surface area (Å²) >= 11 is 0. The van der Waals surface area contributed by atoms with Crippen LogP contribution < -0.4 is 5.32 Å². The van der Waals surface area contributed by atoms with Crippen molar-refractivity contribution in [1.29, 1.82) is 0 Å². The van der Waals surface area contributed by atoms with Crippen molar-refractivity contribution in [2.45, 2.75) is 39.1 Å². The van der Waals surface area contributed by atoms with Gasteiger partial charge in [-0.15, -0.1) is 0 Å². The van der Waals surface area contributed by atoms with Gasteiger partial charge in [-0.05, 0) is 38.0 Å². The van der Waals surface area contributed by atoms with Crippen molar-refractivity contribution in [2.24, 2.45) is 0 Å². The molecule has 0 aromatic heterocycles. The van der Waals surface area contributed by atoms with E-state index in [-0.39, 0.29) is 12.0 Å². The van der Waals surface area contributed by atoms with E-state index in [1.807, 2.05) is 13.8 Å². The van der Waals surface area contributed by atoms with Gasteiger partial charge in [-0.1, -0.05) is 12.1 Å². The van der Waals surface area contributed by atoms with Gasteiger partial charge in [-0.25, -0.2) is 0 Å². The van der Waals surface area contributed by atoms with Crippen molar-refractivity contribution in [1.82, 2.24) is 15.1 Å². The number of carbonyl (C=O) groups excluding carboxylic acids is 1. The molecule has 1 aliphatic heterocycles. The molecule has 28 heavy (non-hydrogen) atoms. The smallest absolute Gasteiger partial charge is 0.379 e. The van der Waals surface area contributed by atoms with Crippen molar-refractivity contribution in [3.63, 3.8) is 0 Å². The Hall–Kier alpha value is -1.64. The molecule has 0 unspecified atom stereocenters. The molecule has 1 heterocycles. The van der Waals surface area contributed by atoms with Crippen LogP contribution in [-0.2, 0) is 22.3 Å². The summed E-state index contributed by atoms with van der Waals surface area (Å²) in [5.41, 5.74) is 0.241. The van der Waals surface area contributed by atoms with Crippen molar-refractivity contribution >= 4 is 5.91 Å². The number of benzene rings is 1. The molecular formula is C20H30F3N3O2. The standard InChI is InChI=1S/C20H30F3N3O2/c1-16(2)28-13-3-8-24-19(27)15-26-11-9-25(10-12-26)14-17-4-6-18(7-5-17)20(21,22)23/h4-7,16H,3,8-15H2,1-2H3,(H,24,27). The number of amides is 1. The van der Waals surface area contributed by atoms with Gasteiger partial charge in [-0.3, -0.25) is 14.6 Å². The van der Waals surface area contributed by atoms with Crippen LogP contribution in [0.5, 0.6) is 0 Å². The second kappa shape index (κ2) is 10.8. The van der Waals surface area contributed by atoms with E-state index in [4.69, 9.17) is 4.74 Å². The van der Waals surface area contributed by atoms with Crippen molar-refractivity contribution in [2.75, 3.05) is 45.9 Å². The summed E-state index contributed by atoms with van der Waals surface area (Å²) < 4.78 is 43.3. The van der Waals surface area contributed by atoms with Crippen molar-refractivity contribution in [3.05, 3.63) is 35.4 Å². The third-order valence-electron chi connectivity index (χ3n) is 4.61. The minimum atomic E-state index is -4.30. The maximum Gasteiger partial charge on any atom is 0.416 e. The summed E-state index contributed by atoms with van der Waals surface area (Å²) in [5, 5.41) is 2.91. The number of ether oxygens (including phenoxy) is 1. The monoisotopic (exact) mass is 401 g/mol. The molecule has 0 saturated carbocycles.